The highest BCUT2D eigenvalue weighted by atomic mass is 15.2. The molecule has 2 aliphatic carbocycles. The van der Waals surface area contributed by atoms with Crippen LogP contribution in [0, 0.1) is 0 Å². The summed E-state index contributed by atoms with van der Waals surface area (Å²) in [6.07, 6.45) is 4.35. The van der Waals surface area contributed by atoms with E-state index < -0.39 is 0 Å². The topological polar surface area (TPSA) is 19.4 Å². The van der Waals surface area contributed by atoms with Crippen LogP contribution in [-0.2, 0) is 25.7 Å². The number of anilines is 18. The van der Waals surface area contributed by atoms with E-state index in [9.17, 15) is 0 Å². The summed E-state index contributed by atoms with van der Waals surface area (Å²) in [6.45, 7) is 0. The Balaban J connectivity index is 0.000000113. The Labute approximate surface area is 862 Å². The first-order valence-corrected chi connectivity index (χ1v) is 51.3. The molecule has 0 aliphatic heterocycles. The summed E-state index contributed by atoms with van der Waals surface area (Å²) in [5, 5.41) is 22.6. The molecule has 148 heavy (non-hydrogen) atoms. The van der Waals surface area contributed by atoms with Crippen molar-refractivity contribution in [1.29, 1.82) is 0 Å². The van der Waals surface area contributed by atoms with E-state index in [0.717, 1.165) is 82.6 Å². The monoisotopic (exact) mass is 1890 g/mol. The van der Waals surface area contributed by atoms with Crippen LogP contribution < -0.4 is 29.4 Å². The van der Waals surface area contributed by atoms with Crippen LogP contribution in [0.25, 0.3) is 119 Å². The number of nitrogens with zero attached hydrogens (tertiary/aromatic N) is 6. The highest BCUT2D eigenvalue weighted by Gasteiger charge is 2.30. The van der Waals surface area contributed by atoms with Gasteiger partial charge in [-0.05, 0) is 294 Å². The minimum atomic E-state index is 1.07. The molecule has 6 nitrogen and oxygen atoms in total. The van der Waals surface area contributed by atoms with Crippen LogP contribution in [0.4, 0.5) is 102 Å². The van der Waals surface area contributed by atoms with Crippen LogP contribution in [0.1, 0.15) is 22.3 Å². The van der Waals surface area contributed by atoms with E-state index in [1.54, 1.807) is 0 Å². The van der Waals surface area contributed by atoms with Gasteiger partial charge in [-0.15, -0.1) is 0 Å². The lowest BCUT2D eigenvalue weighted by Crippen LogP contribution is -2.13. The molecular weight excluding hydrogens is 1790 g/mol. The Bertz CT molecular complexity index is 8730. The molecule has 0 atom stereocenters. The summed E-state index contributed by atoms with van der Waals surface area (Å²) < 4.78 is 0. The van der Waals surface area contributed by atoms with Crippen molar-refractivity contribution in [2.45, 2.75) is 25.7 Å². The predicted molar refractivity (Wildman–Crippen MR) is 631 cm³/mol. The number of benzene rings is 26. The first-order valence-electron chi connectivity index (χ1n) is 51.3. The first kappa shape index (κ1) is 89.0. The molecule has 28 rings (SSSR count). The molecule has 0 N–H and O–H groups in total. The molecule has 26 aromatic rings. The smallest absolute Gasteiger partial charge is 0.0618 e. The van der Waals surface area contributed by atoms with Gasteiger partial charge in [-0.25, -0.2) is 0 Å². The second kappa shape index (κ2) is 39.3. The number of hydrogen-bond donors (Lipinski definition) is 0. The normalized spacial score (nSPS) is 11.8. The third-order valence-electron chi connectivity index (χ3n) is 29.8. The average Bonchev–Trinajstić information content (AvgIpc) is 0.993. The molecule has 0 amide bonds. The Morgan fingerprint density at radius 3 is 0.649 bits per heavy atom. The zero-order valence-electron chi connectivity index (χ0n) is 81.8. The first-order chi connectivity index (χ1) is 73.5. The molecule has 0 fully saturated rings. The van der Waals surface area contributed by atoms with Gasteiger partial charge in [0.05, 0.1) is 34.1 Å². The molecule has 0 radical (unpaired) electrons. The number of rotatable bonds is 20. The molecule has 700 valence electrons. The van der Waals surface area contributed by atoms with Crippen molar-refractivity contribution in [1.82, 2.24) is 0 Å². The second-order valence-electron chi connectivity index (χ2n) is 38.4. The molecule has 0 saturated heterocycles. The maximum atomic E-state index is 2.43. The Kier molecular flexibility index (Phi) is 23.6. The number of para-hydroxylation sites is 6. The zero-order chi connectivity index (χ0) is 98.2. The SMILES string of the molecule is c1ccc(N(c2ccc(-c3ccc(N(c4ccccc4)c4c5ccccc5cc5ccccc45)cc3)cc2)c2c3ccccc3cc3ccccc23)cc1.c1ccc(N(c2ccc(-c3ccc(N(c4ccccc4)c4ccc5cccc6c5c4CC6)cc3)cc2)c2ccc3cccc4c3c2CC4)cc1.c1ccc(N(c2cccc3ccccc23)c2cccc3c(N(c4ccccc4)c4cccc5ccccc45)cccc23)cc1. The predicted octanol–water partition coefficient (Wildman–Crippen LogP) is 39.8. The molecule has 26 aromatic carbocycles. The standard InChI is InChI=1S/C52H36N2.C48H36N2.C42H30N2/c1-3-19-43(20-4-1)53(51-47-23-11-7-15-39(47)35-40-16-8-12-24-48(40)51)45-31-27-37(28-32-45)38-29-33-46(34-30-38)54(44-21-5-2-6-22-44)52-49-25-13-9-17-41(49)36-42-18-10-14-26-50(42)52;1-3-13-39(14-4-1)49(45-31-23-37-11-7-9-35-21-29-43(45)47(35)37)41-25-17-33(18-26-41)34-19-27-42(28-20-34)50(40-15-5-2-6-16-40)46-32-24-38-12-8-10-36-22-30-44(46)48(36)38;1-3-19-33(20-4-1)43(39-27-11-17-31-15-7-9-23-35(31)39)41-29-13-26-38-37(41)25-14-30-42(38)44(34-21-5-2-6-22-34)40-28-12-18-32-16-8-10-24-36(32)40/h1-36H;1-20,23-28,31-32H,21-22,29-30H2;1-30H. The van der Waals surface area contributed by atoms with Crippen molar-refractivity contribution >= 4 is 199 Å². The average molecular weight is 1890 g/mol. The molecule has 0 heterocycles. The fourth-order valence-corrected chi connectivity index (χ4v) is 23.0. The van der Waals surface area contributed by atoms with Gasteiger partial charge in [-0.3, -0.25) is 0 Å². The van der Waals surface area contributed by atoms with Crippen molar-refractivity contribution in [3.63, 3.8) is 0 Å². The van der Waals surface area contributed by atoms with Gasteiger partial charge in [0, 0.05) is 111 Å². The third kappa shape index (κ3) is 16.7. The van der Waals surface area contributed by atoms with Crippen LogP contribution in [0.2, 0.25) is 0 Å². The number of aryl methyl sites for hydroxylation is 4. The van der Waals surface area contributed by atoms with Crippen LogP contribution >= 0.6 is 0 Å². The van der Waals surface area contributed by atoms with Gasteiger partial charge in [0.15, 0.2) is 0 Å². The Morgan fingerprint density at radius 1 is 0.122 bits per heavy atom. The van der Waals surface area contributed by atoms with Crippen molar-refractivity contribution in [3.05, 3.63) is 592 Å². The van der Waals surface area contributed by atoms with Gasteiger partial charge >= 0.3 is 0 Å². The van der Waals surface area contributed by atoms with E-state index in [4.69, 9.17) is 0 Å². The summed E-state index contributed by atoms with van der Waals surface area (Å²) in [4.78, 5) is 14.5. The van der Waals surface area contributed by atoms with Gasteiger partial charge in [0.1, 0.15) is 0 Å². The van der Waals surface area contributed by atoms with Crippen molar-refractivity contribution in [2.75, 3.05) is 29.4 Å². The molecule has 0 saturated carbocycles. The molecule has 0 spiro atoms. The fraction of sp³-hybridized carbons (Fsp3) is 0.0282. The zero-order valence-corrected chi connectivity index (χ0v) is 81.8. The third-order valence-corrected chi connectivity index (χ3v) is 29.8. The highest BCUT2D eigenvalue weighted by Crippen LogP contribution is 2.53. The van der Waals surface area contributed by atoms with E-state index in [1.807, 2.05) is 0 Å². The van der Waals surface area contributed by atoms with Crippen molar-refractivity contribution in [2.24, 2.45) is 0 Å². The molecule has 0 aromatic heterocycles. The molecule has 0 bridgehead atoms. The van der Waals surface area contributed by atoms with E-state index in [1.165, 1.54) is 187 Å². The number of hydrogen-bond acceptors (Lipinski definition) is 6. The lowest BCUT2D eigenvalue weighted by Gasteiger charge is -2.30. The lowest BCUT2D eigenvalue weighted by molar-refractivity contribution is 1.02. The fourth-order valence-electron chi connectivity index (χ4n) is 23.0. The summed E-state index contributed by atoms with van der Waals surface area (Å²) >= 11 is 0. The van der Waals surface area contributed by atoms with Crippen molar-refractivity contribution in [3.8, 4) is 22.3 Å². The highest BCUT2D eigenvalue weighted by molar-refractivity contribution is 6.17. The van der Waals surface area contributed by atoms with E-state index >= 15 is 0 Å². The minimum absolute atomic E-state index is 1.07. The van der Waals surface area contributed by atoms with E-state index in [-0.39, 0.29) is 0 Å². The second-order valence-corrected chi connectivity index (χ2v) is 38.4. The summed E-state index contributed by atoms with van der Waals surface area (Å²) in [5.74, 6) is 0. The lowest BCUT2D eigenvalue weighted by atomic mass is 9.98. The summed E-state index contributed by atoms with van der Waals surface area (Å²) in [6, 6.07) is 206. The Morgan fingerprint density at radius 2 is 0.338 bits per heavy atom. The number of fused-ring (bicyclic) bond motifs is 7. The summed E-state index contributed by atoms with van der Waals surface area (Å²) in [7, 11) is 0. The van der Waals surface area contributed by atoms with Gasteiger partial charge < -0.3 is 29.4 Å². The van der Waals surface area contributed by atoms with Crippen LogP contribution in [-0.4, -0.2) is 0 Å². The van der Waals surface area contributed by atoms with Crippen LogP contribution in [0.15, 0.2) is 570 Å². The van der Waals surface area contributed by atoms with E-state index in [0.29, 0.717) is 0 Å². The largest absolute Gasteiger partial charge is 0.310 e. The van der Waals surface area contributed by atoms with E-state index in [2.05, 4.69) is 600 Å². The Hall–Kier alpha value is -19.1. The minimum Gasteiger partial charge on any atom is -0.310 e. The van der Waals surface area contributed by atoms with Gasteiger partial charge in [-0.1, -0.05) is 400 Å². The maximum Gasteiger partial charge on any atom is 0.0618 e. The maximum absolute atomic E-state index is 2.43. The molecule has 0 unspecified atom stereocenters. The summed E-state index contributed by atoms with van der Waals surface area (Å²) in [5.41, 5.74) is 31.5. The van der Waals surface area contributed by atoms with Gasteiger partial charge in [0.25, 0.3) is 0 Å². The van der Waals surface area contributed by atoms with Gasteiger partial charge in [-0.2, -0.15) is 0 Å². The quantitative estimate of drug-likeness (QED) is 0.0704. The molecule has 6 heteroatoms. The molecular formula is C142H102N6. The van der Waals surface area contributed by atoms with Crippen LogP contribution in [0.5, 0.6) is 0 Å². The molecule has 2 aliphatic rings. The van der Waals surface area contributed by atoms with Crippen LogP contribution in [0.3, 0.4) is 0 Å². The van der Waals surface area contributed by atoms with Crippen molar-refractivity contribution < 1.29 is 0 Å². The van der Waals surface area contributed by atoms with Gasteiger partial charge in [0.2, 0.25) is 0 Å².